The van der Waals surface area contributed by atoms with E-state index in [4.69, 9.17) is 23.2 Å². The Morgan fingerprint density at radius 3 is 2.12 bits per heavy atom. The van der Waals surface area contributed by atoms with E-state index in [2.05, 4.69) is 10.2 Å². The van der Waals surface area contributed by atoms with Crippen molar-refractivity contribution in [2.75, 3.05) is 38.5 Å². The number of piperazine rings is 1. The lowest BCUT2D eigenvalue weighted by molar-refractivity contribution is 0.0391. The first-order chi connectivity index (χ1) is 14.8. The highest BCUT2D eigenvalue weighted by Crippen LogP contribution is 2.34. The second-order valence-corrected chi connectivity index (χ2v) is 11.5. The number of nitrogens with one attached hydrogen (secondary N) is 1. The van der Waals surface area contributed by atoms with Crippen LogP contribution < -0.4 is 5.32 Å². The van der Waals surface area contributed by atoms with E-state index >= 15 is 0 Å². The van der Waals surface area contributed by atoms with Gasteiger partial charge in [0.1, 0.15) is 0 Å². The molecule has 1 aromatic carbocycles. The lowest BCUT2D eigenvalue weighted by atomic mass is 9.87. The Labute approximate surface area is 208 Å². The van der Waals surface area contributed by atoms with Gasteiger partial charge in [0.05, 0.1) is 21.4 Å². The van der Waals surface area contributed by atoms with Crippen molar-refractivity contribution in [2.45, 2.75) is 57.4 Å². The molecule has 0 aromatic heterocycles. The van der Waals surface area contributed by atoms with E-state index in [1.165, 1.54) is 12.8 Å². The van der Waals surface area contributed by atoms with E-state index in [0.717, 1.165) is 25.7 Å². The zero-order valence-corrected chi connectivity index (χ0v) is 21.8. The standard InChI is InChI=1S/C22H33Cl2N3O3S.ClH/c1-2-16-31(29,30)27-14-12-26(13-15-27)22(10-5-3-4-6-11-22)17-25-21(28)20-18(23)8-7-9-19(20)24;/h7-9H,2-6,10-17H2,1H3,(H,25,28);1H. The van der Waals surface area contributed by atoms with Crippen LogP contribution in [0.15, 0.2) is 18.2 Å². The van der Waals surface area contributed by atoms with Crippen molar-refractivity contribution in [1.82, 2.24) is 14.5 Å². The number of carbonyl (C=O) groups excluding carboxylic acids is 1. The monoisotopic (exact) mass is 525 g/mol. The summed E-state index contributed by atoms with van der Waals surface area (Å²) < 4.78 is 26.6. The third-order valence-corrected chi connectivity index (χ3v) is 9.27. The minimum Gasteiger partial charge on any atom is -0.350 e. The number of sulfonamides is 1. The van der Waals surface area contributed by atoms with Crippen LogP contribution in [0.1, 0.15) is 62.2 Å². The van der Waals surface area contributed by atoms with Crippen LogP contribution in [0, 0.1) is 0 Å². The Morgan fingerprint density at radius 2 is 1.59 bits per heavy atom. The van der Waals surface area contributed by atoms with Gasteiger partial charge in [-0.2, -0.15) is 4.31 Å². The molecule has 1 aliphatic heterocycles. The van der Waals surface area contributed by atoms with Crippen LogP contribution in [-0.4, -0.2) is 67.5 Å². The lowest BCUT2D eigenvalue weighted by Gasteiger charge is -2.47. The fourth-order valence-electron chi connectivity index (χ4n) is 4.87. The molecule has 3 rings (SSSR count). The highest BCUT2D eigenvalue weighted by Gasteiger charge is 2.40. The highest BCUT2D eigenvalue weighted by atomic mass is 35.5. The Hall–Kier alpha value is -0.570. The van der Waals surface area contributed by atoms with Crippen LogP contribution in [0.5, 0.6) is 0 Å². The number of hydrogen-bond donors (Lipinski definition) is 1. The number of nitrogens with zero attached hydrogens (tertiary/aromatic N) is 2. The summed E-state index contributed by atoms with van der Waals surface area (Å²) in [6.45, 7) is 4.79. The highest BCUT2D eigenvalue weighted by molar-refractivity contribution is 7.89. The molecule has 0 radical (unpaired) electrons. The molecule has 1 amide bonds. The summed E-state index contributed by atoms with van der Waals surface area (Å²) in [5, 5.41) is 3.78. The minimum atomic E-state index is -3.18. The first-order valence-electron chi connectivity index (χ1n) is 11.2. The van der Waals surface area contributed by atoms with Gasteiger partial charge < -0.3 is 5.32 Å². The zero-order valence-electron chi connectivity index (χ0n) is 18.6. The van der Waals surface area contributed by atoms with Crippen molar-refractivity contribution >= 4 is 51.5 Å². The molecule has 0 spiro atoms. The third kappa shape index (κ3) is 6.51. The van der Waals surface area contributed by atoms with Crippen molar-refractivity contribution < 1.29 is 13.2 Å². The smallest absolute Gasteiger partial charge is 0.254 e. The predicted octanol–water partition coefficient (Wildman–Crippen LogP) is 4.60. The molecule has 182 valence electrons. The Bertz CT molecular complexity index is 846. The van der Waals surface area contributed by atoms with Gasteiger partial charge in [-0.25, -0.2) is 8.42 Å². The number of amides is 1. The summed E-state index contributed by atoms with van der Waals surface area (Å²) in [5.74, 6) is -0.0596. The molecule has 10 heteroatoms. The maximum absolute atomic E-state index is 12.9. The van der Waals surface area contributed by atoms with Gasteiger partial charge in [-0.3, -0.25) is 9.69 Å². The van der Waals surface area contributed by atoms with E-state index < -0.39 is 10.0 Å². The number of halogens is 3. The molecule has 0 atom stereocenters. The number of carbonyl (C=O) groups is 1. The third-order valence-electron chi connectivity index (χ3n) is 6.57. The zero-order chi connectivity index (χ0) is 22.5. The first-order valence-corrected chi connectivity index (χ1v) is 13.6. The molecule has 2 aliphatic rings. The van der Waals surface area contributed by atoms with Crippen molar-refractivity contribution in [3.05, 3.63) is 33.8 Å². The molecule has 1 heterocycles. The quantitative estimate of drug-likeness (QED) is 0.527. The summed E-state index contributed by atoms with van der Waals surface area (Å²) in [4.78, 5) is 15.3. The van der Waals surface area contributed by atoms with Crippen molar-refractivity contribution in [3.63, 3.8) is 0 Å². The summed E-state index contributed by atoms with van der Waals surface area (Å²) in [6, 6.07) is 5.06. The maximum Gasteiger partial charge on any atom is 0.254 e. The molecule has 32 heavy (non-hydrogen) atoms. The fourth-order valence-corrected chi connectivity index (χ4v) is 6.93. The first kappa shape index (κ1) is 27.7. The van der Waals surface area contributed by atoms with Crippen LogP contribution >= 0.6 is 35.6 Å². The molecule has 0 bridgehead atoms. The lowest BCUT2D eigenvalue weighted by Crippen LogP contribution is -2.61. The van der Waals surface area contributed by atoms with Crippen molar-refractivity contribution in [3.8, 4) is 0 Å². The molecule has 1 saturated carbocycles. The van der Waals surface area contributed by atoms with Gasteiger partial charge in [-0.1, -0.05) is 61.9 Å². The molecule has 2 fully saturated rings. The minimum absolute atomic E-state index is 0. The van der Waals surface area contributed by atoms with E-state index in [-0.39, 0.29) is 29.6 Å². The van der Waals surface area contributed by atoms with E-state index in [9.17, 15) is 13.2 Å². The van der Waals surface area contributed by atoms with Gasteiger partial charge in [0.25, 0.3) is 5.91 Å². The van der Waals surface area contributed by atoms with E-state index in [1.54, 1.807) is 22.5 Å². The van der Waals surface area contributed by atoms with Crippen LogP contribution in [0.3, 0.4) is 0 Å². The molecular weight excluding hydrogens is 493 g/mol. The largest absolute Gasteiger partial charge is 0.350 e. The molecule has 1 N–H and O–H groups in total. The van der Waals surface area contributed by atoms with Crippen LogP contribution in [0.25, 0.3) is 0 Å². The predicted molar refractivity (Wildman–Crippen MR) is 134 cm³/mol. The number of benzene rings is 1. The summed E-state index contributed by atoms with van der Waals surface area (Å²) >= 11 is 12.4. The molecule has 1 aromatic rings. The Balaban J connectivity index is 0.00000363. The van der Waals surface area contributed by atoms with Crippen molar-refractivity contribution in [1.29, 1.82) is 0 Å². The van der Waals surface area contributed by atoms with Crippen LogP contribution in [-0.2, 0) is 10.0 Å². The second-order valence-electron chi connectivity index (χ2n) is 8.62. The van der Waals surface area contributed by atoms with Gasteiger partial charge in [0.2, 0.25) is 10.0 Å². The Kier molecular flexibility index (Phi) is 10.6. The molecule has 0 unspecified atom stereocenters. The average molecular weight is 527 g/mol. The van der Waals surface area contributed by atoms with Crippen LogP contribution in [0.2, 0.25) is 10.0 Å². The maximum atomic E-state index is 12.9. The van der Waals surface area contributed by atoms with Gasteiger partial charge in [0, 0.05) is 38.3 Å². The van der Waals surface area contributed by atoms with Crippen molar-refractivity contribution in [2.24, 2.45) is 0 Å². The molecule has 1 saturated heterocycles. The van der Waals surface area contributed by atoms with Gasteiger partial charge in [-0.05, 0) is 31.4 Å². The van der Waals surface area contributed by atoms with Gasteiger partial charge in [-0.15, -0.1) is 12.4 Å². The molecule has 6 nitrogen and oxygen atoms in total. The Morgan fingerprint density at radius 1 is 1.03 bits per heavy atom. The summed E-state index contributed by atoms with van der Waals surface area (Å²) in [7, 11) is -3.18. The summed E-state index contributed by atoms with van der Waals surface area (Å²) in [5.41, 5.74) is 0.144. The van der Waals surface area contributed by atoms with E-state index in [0.29, 0.717) is 54.8 Å². The summed E-state index contributed by atoms with van der Waals surface area (Å²) in [6.07, 6.45) is 7.21. The van der Waals surface area contributed by atoms with Crippen LogP contribution in [0.4, 0.5) is 0 Å². The average Bonchev–Trinajstić information content (AvgIpc) is 2.99. The number of rotatable bonds is 7. The molecular formula is C22H34Cl3N3O3S. The van der Waals surface area contributed by atoms with Gasteiger partial charge in [0.15, 0.2) is 0 Å². The molecule has 1 aliphatic carbocycles. The fraction of sp³-hybridized carbons (Fsp3) is 0.682. The number of hydrogen-bond acceptors (Lipinski definition) is 4. The van der Waals surface area contributed by atoms with E-state index in [1.807, 2.05) is 6.92 Å². The topological polar surface area (TPSA) is 69.7 Å². The second kappa shape index (κ2) is 12.2. The van der Waals surface area contributed by atoms with Gasteiger partial charge >= 0.3 is 0 Å². The SMILES string of the molecule is CCCS(=O)(=O)N1CCN(C2(CNC(=O)c3c(Cl)cccc3Cl)CCCCCC2)CC1.Cl. The normalized spacial score (nSPS) is 20.2.